The Morgan fingerprint density at radius 3 is 2.52 bits per heavy atom. The molecule has 0 saturated carbocycles. The highest BCUT2D eigenvalue weighted by Gasteiger charge is 2.20. The van der Waals surface area contributed by atoms with E-state index in [4.69, 9.17) is 4.74 Å². The predicted octanol–water partition coefficient (Wildman–Crippen LogP) is 5.45. The van der Waals surface area contributed by atoms with E-state index in [2.05, 4.69) is 53.5 Å². The van der Waals surface area contributed by atoms with Gasteiger partial charge in [-0.2, -0.15) is 0 Å². The molecule has 3 atom stereocenters. The zero-order valence-corrected chi connectivity index (χ0v) is 19.2. The number of carbonyl (C=O) groups is 1. The van der Waals surface area contributed by atoms with Gasteiger partial charge in [0.25, 0.3) is 5.91 Å². The Bertz CT molecular complexity index is 893. The molecule has 166 valence electrons. The summed E-state index contributed by atoms with van der Waals surface area (Å²) in [5, 5.41) is 3.11. The van der Waals surface area contributed by atoms with E-state index < -0.39 is 6.10 Å². The molecule has 1 N–H and O–H groups in total. The van der Waals surface area contributed by atoms with Crippen LogP contribution in [-0.2, 0) is 17.6 Å². The van der Waals surface area contributed by atoms with E-state index in [1.165, 1.54) is 42.5 Å². The highest BCUT2D eigenvalue weighted by Crippen LogP contribution is 2.27. The Kier molecular flexibility index (Phi) is 6.84. The predicted molar refractivity (Wildman–Crippen MR) is 127 cm³/mol. The van der Waals surface area contributed by atoms with Crippen LogP contribution in [0.4, 0.5) is 5.69 Å². The summed E-state index contributed by atoms with van der Waals surface area (Å²) in [6.07, 6.45) is 6.82. The molecule has 0 bridgehead atoms. The van der Waals surface area contributed by atoms with E-state index in [0.29, 0.717) is 0 Å². The van der Waals surface area contributed by atoms with Crippen molar-refractivity contribution in [1.82, 2.24) is 5.32 Å². The largest absolute Gasteiger partial charge is 0.481 e. The lowest BCUT2D eigenvalue weighted by Crippen LogP contribution is -2.37. The van der Waals surface area contributed by atoms with Crippen molar-refractivity contribution < 1.29 is 9.53 Å². The standard InChI is InChI=1S/C27H36N2O2/c1-19-7-6-16-29(18-19)25-13-10-22(11-14-25)20(2)28-27(30)21(3)31-26-15-12-23-8-4-5-9-24(23)17-26/h10-15,17,19-21H,4-9,16,18H2,1-3H3,(H,28,30)/t19-,20-,21-/m1/s1. The van der Waals surface area contributed by atoms with Gasteiger partial charge in [-0.1, -0.05) is 25.1 Å². The lowest BCUT2D eigenvalue weighted by molar-refractivity contribution is -0.127. The van der Waals surface area contributed by atoms with E-state index in [9.17, 15) is 4.79 Å². The first-order chi connectivity index (χ1) is 15.0. The summed E-state index contributed by atoms with van der Waals surface area (Å²) in [7, 11) is 0. The van der Waals surface area contributed by atoms with Crippen molar-refractivity contribution in [2.24, 2.45) is 5.92 Å². The minimum Gasteiger partial charge on any atom is -0.481 e. The fraction of sp³-hybridized carbons (Fsp3) is 0.519. The van der Waals surface area contributed by atoms with Gasteiger partial charge in [0, 0.05) is 18.8 Å². The summed E-state index contributed by atoms with van der Waals surface area (Å²) in [6, 6.07) is 14.8. The molecular weight excluding hydrogens is 384 g/mol. The van der Waals surface area contributed by atoms with Gasteiger partial charge in [0.1, 0.15) is 5.75 Å². The average Bonchev–Trinajstić information content (AvgIpc) is 2.79. The van der Waals surface area contributed by atoms with Crippen molar-refractivity contribution in [2.45, 2.75) is 71.4 Å². The van der Waals surface area contributed by atoms with Crippen LogP contribution in [0.5, 0.6) is 5.75 Å². The third kappa shape index (κ3) is 5.41. The van der Waals surface area contributed by atoms with Crippen molar-refractivity contribution >= 4 is 11.6 Å². The zero-order valence-electron chi connectivity index (χ0n) is 19.2. The molecule has 4 heteroatoms. The number of aryl methyl sites for hydroxylation is 2. The molecular formula is C27H36N2O2. The molecule has 1 heterocycles. The highest BCUT2D eigenvalue weighted by molar-refractivity contribution is 5.81. The van der Waals surface area contributed by atoms with Crippen LogP contribution < -0.4 is 15.0 Å². The van der Waals surface area contributed by atoms with Crippen LogP contribution in [0.2, 0.25) is 0 Å². The van der Waals surface area contributed by atoms with Gasteiger partial charge in [0.05, 0.1) is 6.04 Å². The number of carbonyl (C=O) groups excluding carboxylic acids is 1. The molecule has 1 aliphatic carbocycles. The normalized spacial score (nSPS) is 20.5. The monoisotopic (exact) mass is 420 g/mol. The molecule has 0 unspecified atom stereocenters. The molecule has 0 aromatic heterocycles. The summed E-state index contributed by atoms with van der Waals surface area (Å²) in [5.41, 5.74) is 5.18. The second kappa shape index (κ2) is 9.76. The molecule has 4 nitrogen and oxygen atoms in total. The summed E-state index contributed by atoms with van der Waals surface area (Å²) >= 11 is 0. The third-order valence-corrected chi connectivity index (χ3v) is 6.78. The number of rotatable bonds is 6. The molecule has 1 amide bonds. The van der Waals surface area contributed by atoms with Crippen LogP contribution in [0.15, 0.2) is 42.5 Å². The number of nitrogens with one attached hydrogen (secondary N) is 1. The second-order valence-electron chi connectivity index (χ2n) is 9.41. The summed E-state index contributed by atoms with van der Waals surface area (Å²) in [5.74, 6) is 1.46. The molecule has 2 aliphatic rings. The van der Waals surface area contributed by atoms with E-state index in [1.54, 1.807) is 0 Å². The van der Waals surface area contributed by atoms with E-state index in [1.807, 2.05) is 19.9 Å². The number of hydrogen-bond acceptors (Lipinski definition) is 3. The number of ether oxygens (including phenoxy) is 1. The van der Waals surface area contributed by atoms with Gasteiger partial charge in [-0.3, -0.25) is 4.79 Å². The maximum atomic E-state index is 12.7. The smallest absolute Gasteiger partial charge is 0.261 e. The van der Waals surface area contributed by atoms with Crippen molar-refractivity contribution in [3.05, 3.63) is 59.2 Å². The fourth-order valence-electron chi connectivity index (χ4n) is 4.85. The maximum absolute atomic E-state index is 12.7. The van der Waals surface area contributed by atoms with Crippen molar-refractivity contribution in [1.29, 1.82) is 0 Å². The number of nitrogens with zero attached hydrogens (tertiary/aromatic N) is 1. The first kappa shape index (κ1) is 21.7. The van der Waals surface area contributed by atoms with Crippen molar-refractivity contribution in [3.8, 4) is 5.75 Å². The van der Waals surface area contributed by atoms with Gasteiger partial charge in [0.15, 0.2) is 6.10 Å². The highest BCUT2D eigenvalue weighted by atomic mass is 16.5. The fourth-order valence-corrected chi connectivity index (χ4v) is 4.85. The van der Waals surface area contributed by atoms with E-state index in [0.717, 1.165) is 43.2 Å². The average molecular weight is 421 g/mol. The number of piperidine rings is 1. The molecule has 4 rings (SSSR count). The zero-order chi connectivity index (χ0) is 21.8. The molecule has 0 spiro atoms. The minimum atomic E-state index is -0.529. The van der Waals surface area contributed by atoms with Gasteiger partial charge in [-0.05, 0) is 99.2 Å². The first-order valence-corrected chi connectivity index (χ1v) is 11.9. The number of anilines is 1. The lowest BCUT2D eigenvalue weighted by atomic mass is 9.92. The number of amides is 1. The molecule has 1 saturated heterocycles. The Balaban J connectivity index is 1.32. The van der Waals surface area contributed by atoms with Gasteiger partial charge < -0.3 is 15.0 Å². The number of fused-ring (bicyclic) bond motifs is 1. The van der Waals surface area contributed by atoms with Crippen LogP contribution in [-0.4, -0.2) is 25.1 Å². The topological polar surface area (TPSA) is 41.6 Å². The van der Waals surface area contributed by atoms with Crippen LogP contribution in [0.1, 0.15) is 69.2 Å². The minimum absolute atomic E-state index is 0.0589. The van der Waals surface area contributed by atoms with E-state index in [-0.39, 0.29) is 11.9 Å². The van der Waals surface area contributed by atoms with Crippen LogP contribution in [0.25, 0.3) is 0 Å². The summed E-state index contributed by atoms with van der Waals surface area (Å²) in [4.78, 5) is 15.2. The van der Waals surface area contributed by atoms with Crippen molar-refractivity contribution in [3.63, 3.8) is 0 Å². The molecule has 1 fully saturated rings. The molecule has 31 heavy (non-hydrogen) atoms. The summed E-state index contributed by atoms with van der Waals surface area (Å²) in [6.45, 7) is 8.44. The van der Waals surface area contributed by atoms with Gasteiger partial charge in [0.2, 0.25) is 0 Å². The van der Waals surface area contributed by atoms with Crippen LogP contribution >= 0.6 is 0 Å². The third-order valence-electron chi connectivity index (χ3n) is 6.78. The number of hydrogen-bond donors (Lipinski definition) is 1. The molecule has 2 aromatic rings. The van der Waals surface area contributed by atoms with Gasteiger partial charge in [-0.25, -0.2) is 0 Å². The van der Waals surface area contributed by atoms with Crippen LogP contribution in [0.3, 0.4) is 0 Å². The molecule has 0 radical (unpaired) electrons. The second-order valence-corrected chi connectivity index (χ2v) is 9.41. The van der Waals surface area contributed by atoms with Gasteiger partial charge in [-0.15, -0.1) is 0 Å². The summed E-state index contributed by atoms with van der Waals surface area (Å²) < 4.78 is 5.97. The lowest BCUT2D eigenvalue weighted by Gasteiger charge is -2.33. The number of benzene rings is 2. The molecule has 2 aromatic carbocycles. The molecule has 1 aliphatic heterocycles. The SMILES string of the molecule is C[C@@H]1CCCN(c2ccc([C@@H](C)NC(=O)[C@@H](C)Oc3ccc4c(c3)CCCC4)cc2)C1. The van der Waals surface area contributed by atoms with Gasteiger partial charge >= 0.3 is 0 Å². The first-order valence-electron chi connectivity index (χ1n) is 11.9. The van der Waals surface area contributed by atoms with E-state index >= 15 is 0 Å². The Labute approximate surface area is 187 Å². The Hall–Kier alpha value is -2.49. The van der Waals surface area contributed by atoms with Crippen LogP contribution in [0, 0.1) is 5.92 Å². The van der Waals surface area contributed by atoms with Crippen molar-refractivity contribution in [2.75, 3.05) is 18.0 Å². The maximum Gasteiger partial charge on any atom is 0.261 e. The Morgan fingerprint density at radius 1 is 1.03 bits per heavy atom. The quantitative estimate of drug-likeness (QED) is 0.676. The Morgan fingerprint density at radius 2 is 1.77 bits per heavy atom.